The third-order valence-corrected chi connectivity index (χ3v) is 1.85. The highest BCUT2D eigenvalue weighted by Crippen LogP contribution is 2.25. The third kappa shape index (κ3) is 3.08. The highest BCUT2D eigenvalue weighted by molar-refractivity contribution is 5.85. The van der Waals surface area contributed by atoms with Gasteiger partial charge < -0.3 is 10.6 Å². The summed E-state index contributed by atoms with van der Waals surface area (Å²) in [4.78, 5) is 12.9. The predicted molar refractivity (Wildman–Crippen MR) is 46.7 cm³/mol. The molecule has 0 aromatic rings. The summed E-state index contributed by atoms with van der Waals surface area (Å²) in [5.74, 6) is 0.185. The Morgan fingerprint density at radius 3 is 2.55 bits per heavy atom. The second-order valence-corrected chi connectivity index (χ2v) is 2.77. The van der Waals surface area contributed by atoms with Crippen molar-refractivity contribution in [2.24, 2.45) is 5.73 Å². The van der Waals surface area contributed by atoms with Crippen LogP contribution in [0.3, 0.4) is 0 Å². The maximum Gasteiger partial charge on any atom is 0.223 e. The number of rotatable bonds is 3. The second-order valence-electron chi connectivity index (χ2n) is 2.77. The number of amides is 1. The summed E-state index contributed by atoms with van der Waals surface area (Å²) < 4.78 is 0. The summed E-state index contributed by atoms with van der Waals surface area (Å²) in [6.45, 7) is 0.468. The Morgan fingerprint density at radius 2 is 2.18 bits per heavy atom. The van der Waals surface area contributed by atoms with Gasteiger partial charge in [0.05, 0.1) is 0 Å². The lowest BCUT2D eigenvalue weighted by atomic mass is 10.4. The molecule has 0 heterocycles. The van der Waals surface area contributed by atoms with E-state index in [0.717, 1.165) is 0 Å². The molecule has 0 radical (unpaired) electrons. The largest absolute Gasteiger partial charge is 0.343 e. The lowest BCUT2D eigenvalue weighted by Gasteiger charge is -2.14. The summed E-state index contributed by atoms with van der Waals surface area (Å²) in [5.41, 5.74) is 5.24. The molecule has 1 aliphatic rings. The quantitative estimate of drug-likeness (QED) is 0.679. The number of carbonyl (C=O) groups is 1. The summed E-state index contributed by atoms with van der Waals surface area (Å²) in [6, 6.07) is 0.527. The Kier molecular flexibility index (Phi) is 4.45. The van der Waals surface area contributed by atoms with Gasteiger partial charge in [-0.25, -0.2) is 0 Å². The minimum Gasteiger partial charge on any atom is -0.343 e. The molecular weight excluding hydrogens is 164 g/mol. The number of hydrogen-bond acceptors (Lipinski definition) is 2. The Morgan fingerprint density at radius 1 is 1.64 bits per heavy atom. The first-order chi connectivity index (χ1) is 4.75. The van der Waals surface area contributed by atoms with Crippen LogP contribution in [0.2, 0.25) is 0 Å². The van der Waals surface area contributed by atoms with Crippen LogP contribution in [-0.4, -0.2) is 30.4 Å². The molecule has 4 heteroatoms. The van der Waals surface area contributed by atoms with Gasteiger partial charge in [-0.15, -0.1) is 12.4 Å². The van der Waals surface area contributed by atoms with E-state index in [1.807, 2.05) is 11.9 Å². The molecule has 0 bridgehead atoms. The van der Waals surface area contributed by atoms with Gasteiger partial charge in [0.1, 0.15) is 0 Å². The van der Waals surface area contributed by atoms with E-state index in [-0.39, 0.29) is 18.3 Å². The highest BCUT2D eigenvalue weighted by Gasteiger charge is 2.28. The van der Waals surface area contributed by atoms with Crippen LogP contribution in [0.15, 0.2) is 0 Å². The van der Waals surface area contributed by atoms with Crippen LogP contribution < -0.4 is 5.73 Å². The summed E-state index contributed by atoms with van der Waals surface area (Å²) in [7, 11) is 1.86. The number of nitrogens with two attached hydrogens (primary N) is 1. The van der Waals surface area contributed by atoms with E-state index in [9.17, 15) is 4.79 Å². The molecule has 1 fully saturated rings. The van der Waals surface area contributed by atoms with Gasteiger partial charge in [-0.05, 0) is 12.8 Å². The number of nitrogens with zero attached hydrogens (tertiary/aromatic N) is 1. The van der Waals surface area contributed by atoms with Crippen molar-refractivity contribution in [2.45, 2.75) is 25.3 Å². The second kappa shape index (κ2) is 4.57. The van der Waals surface area contributed by atoms with E-state index in [0.29, 0.717) is 19.0 Å². The molecule has 1 amide bonds. The van der Waals surface area contributed by atoms with Crippen LogP contribution in [0.4, 0.5) is 0 Å². The number of hydrogen-bond donors (Lipinski definition) is 1. The first-order valence-electron chi connectivity index (χ1n) is 3.71. The van der Waals surface area contributed by atoms with Crippen molar-refractivity contribution in [2.75, 3.05) is 13.6 Å². The van der Waals surface area contributed by atoms with Crippen molar-refractivity contribution in [1.82, 2.24) is 4.90 Å². The Bertz CT molecular complexity index is 136. The fraction of sp³-hybridized carbons (Fsp3) is 0.857. The molecular formula is C7H15ClN2O. The molecule has 1 aliphatic carbocycles. The normalized spacial score (nSPS) is 15.5. The average Bonchev–Trinajstić information content (AvgIpc) is 2.68. The van der Waals surface area contributed by atoms with E-state index in [4.69, 9.17) is 5.73 Å². The molecule has 1 rings (SSSR count). The van der Waals surface area contributed by atoms with Crippen LogP contribution in [0.1, 0.15) is 19.3 Å². The first-order valence-corrected chi connectivity index (χ1v) is 3.71. The van der Waals surface area contributed by atoms with Gasteiger partial charge in [-0.2, -0.15) is 0 Å². The zero-order valence-corrected chi connectivity index (χ0v) is 7.56. The third-order valence-electron chi connectivity index (χ3n) is 1.85. The molecule has 3 nitrogen and oxygen atoms in total. The van der Waals surface area contributed by atoms with Crippen LogP contribution in [-0.2, 0) is 4.79 Å². The lowest BCUT2D eigenvalue weighted by molar-refractivity contribution is -0.130. The molecule has 0 unspecified atom stereocenters. The molecule has 0 atom stereocenters. The topological polar surface area (TPSA) is 46.3 Å². The first kappa shape index (κ1) is 10.7. The molecule has 2 N–H and O–H groups in total. The van der Waals surface area contributed by atoms with E-state index >= 15 is 0 Å². The lowest BCUT2D eigenvalue weighted by Crippen LogP contribution is -2.30. The molecule has 0 aliphatic heterocycles. The van der Waals surface area contributed by atoms with E-state index in [2.05, 4.69) is 0 Å². The van der Waals surface area contributed by atoms with Crippen molar-refractivity contribution in [3.8, 4) is 0 Å². The fourth-order valence-electron chi connectivity index (χ4n) is 0.965. The maximum atomic E-state index is 11.1. The van der Waals surface area contributed by atoms with E-state index in [1.165, 1.54) is 12.8 Å². The van der Waals surface area contributed by atoms with Crippen molar-refractivity contribution < 1.29 is 4.79 Å². The van der Waals surface area contributed by atoms with Gasteiger partial charge in [0.2, 0.25) is 5.91 Å². The van der Waals surface area contributed by atoms with Crippen molar-refractivity contribution >= 4 is 18.3 Å². The predicted octanol–water partition coefficient (Wildman–Crippen LogP) is 0.378. The molecule has 0 spiro atoms. The van der Waals surface area contributed by atoms with Gasteiger partial charge in [0.25, 0.3) is 0 Å². The van der Waals surface area contributed by atoms with Crippen LogP contribution >= 0.6 is 12.4 Å². The van der Waals surface area contributed by atoms with E-state index in [1.54, 1.807) is 0 Å². The Balaban J connectivity index is 0.000001000. The van der Waals surface area contributed by atoms with Gasteiger partial charge in [-0.3, -0.25) is 4.79 Å². The highest BCUT2D eigenvalue weighted by atomic mass is 35.5. The van der Waals surface area contributed by atoms with Crippen molar-refractivity contribution in [3.63, 3.8) is 0 Å². The van der Waals surface area contributed by atoms with Crippen LogP contribution in [0, 0.1) is 0 Å². The fourth-order valence-corrected chi connectivity index (χ4v) is 0.965. The molecule has 0 saturated heterocycles. The summed E-state index contributed by atoms with van der Waals surface area (Å²) >= 11 is 0. The van der Waals surface area contributed by atoms with E-state index < -0.39 is 0 Å². The minimum atomic E-state index is 0. The minimum absolute atomic E-state index is 0. The maximum absolute atomic E-state index is 11.1. The molecule has 0 aromatic carbocycles. The van der Waals surface area contributed by atoms with Gasteiger partial charge in [0.15, 0.2) is 0 Å². The van der Waals surface area contributed by atoms with Crippen LogP contribution in [0.25, 0.3) is 0 Å². The molecule has 1 saturated carbocycles. The zero-order valence-electron chi connectivity index (χ0n) is 6.75. The smallest absolute Gasteiger partial charge is 0.223 e. The SMILES string of the molecule is CN(C(=O)CCN)C1CC1.Cl. The van der Waals surface area contributed by atoms with Crippen LogP contribution in [0.5, 0.6) is 0 Å². The monoisotopic (exact) mass is 178 g/mol. The number of carbonyl (C=O) groups excluding carboxylic acids is 1. The zero-order chi connectivity index (χ0) is 7.56. The average molecular weight is 179 g/mol. The van der Waals surface area contributed by atoms with Crippen molar-refractivity contribution in [1.29, 1.82) is 0 Å². The van der Waals surface area contributed by atoms with Gasteiger partial charge >= 0.3 is 0 Å². The Labute approximate surface area is 73.3 Å². The molecule has 0 aromatic heterocycles. The molecule has 66 valence electrons. The summed E-state index contributed by atoms with van der Waals surface area (Å²) in [5, 5.41) is 0. The molecule has 11 heavy (non-hydrogen) atoms. The number of halogens is 1. The summed E-state index contributed by atoms with van der Waals surface area (Å²) in [6.07, 6.45) is 2.84. The Hall–Kier alpha value is -0.280. The van der Waals surface area contributed by atoms with Gasteiger partial charge in [-0.1, -0.05) is 0 Å². The standard InChI is InChI=1S/C7H14N2O.ClH/c1-9(6-2-3-6)7(10)4-5-8;/h6H,2-5,8H2,1H3;1H. The van der Waals surface area contributed by atoms with Gasteiger partial charge in [0, 0.05) is 26.1 Å². The van der Waals surface area contributed by atoms with Crippen molar-refractivity contribution in [3.05, 3.63) is 0 Å².